The molecule has 2 atom stereocenters. The van der Waals surface area contributed by atoms with Gasteiger partial charge in [-0.2, -0.15) is 4.98 Å². The Morgan fingerprint density at radius 2 is 2.00 bits per heavy atom. The number of hydrogen-bond acceptors (Lipinski definition) is 9. The third-order valence-electron chi connectivity index (χ3n) is 7.04. The lowest BCUT2D eigenvalue weighted by Crippen LogP contribution is -2.45. The second-order valence-electron chi connectivity index (χ2n) is 12.5. The van der Waals surface area contributed by atoms with Crippen molar-refractivity contribution in [2.45, 2.75) is 104 Å². The largest absolute Gasteiger partial charge is 0.496 e. The van der Waals surface area contributed by atoms with Gasteiger partial charge in [0.2, 0.25) is 5.95 Å². The number of anilines is 2. The van der Waals surface area contributed by atoms with Crippen LogP contribution in [0, 0.1) is 0 Å². The van der Waals surface area contributed by atoms with Crippen molar-refractivity contribution in [2.24, 2.45) is 0 Å². The van der Waals surface area contributed by atoms with Gasteiger partial charge in [0, 0.05) is 24.7 Å². The first-order chi connectivity index (χ1) is 20.4. The van der Waals surface area contributed by atoms with Crippen molar-refractivity contribution < 1.29 is 23.7 Å². The Balaban J connectivity index is 1.52. The van der Waals surface area contributed by atoms with E-state index < -0.39 is 11.4 Å². The highest BCUT2D eigenvalue weighted by Gasteiger charge is 2.36. The van der Waals surface area contributed by atoms with E-state index >= 15 is 0 Å². The van der Waals surface area contributed by atoms with E-state index in [-0.39, 0.29) is 30.5 Å². The summed E-state index contributed by atoms with van der Waals surface area (Å²) in [6, 6.07) is 8.05. The van der Waals surface area contributed by atoms with Crippen LogP contribution in [0.2, 0.25) is 0 Å². The number of fused-ring (bicyclic) bond motifs is 1. The number of ether oxygens (including phenoxy) is 4. The number of nitrogens with two attached hydrogens (primary N) is 1. The topological polar surface area (TPSA) is 123 Å². The highest BCUT2D eigenvalue weighted by Crippen LogP contribution is 2.31. The number of esters is 1. The number of nitrogen functional groups attached to an aromatic ring is 1. The second kappa shape index (κ2) is 13.8. The maximum Gasteiger partial charge on any atom is 0.308 e. The zero-order chi connectivity index (χ0) is 31.2. The Hall–Kier alpha value is -3.63. The van der Waals surface area contributed by atoms with Crippen LogP contribution in [0.1, 0.15) is 84.8 Å². The third-order valence-corrected chi connectivity index (χ3v) is 7.04. The van der Waals surface area contributed by atoms with Crippen molar-refractivity contribution in [3.8, 4) is 5.75 Å². The summed E-state index contributed by atoms with van der Waals surface area (Å²) in [7, 11) is 1.68. The smallest absolute Gasteiger partial charge is 0.308 e. The normalized spacial score (nSPS) is 18.7. The predicted octanol–water partition coefficient (Wildman–Crippen LogP) is 6.33. The van der Waals surface area contributed by atoms with Crippen molar-refractivity contribution in [1.82, 2.24) is 14.5 Å². The minimum absolute atomic E-state index is 0.177. The molecule has 0 saturated carbocycles. The van der Waals surface area contributed by atoms with Gasteiger partial charge < -0.3 is 34.6 Å². The summed E-state index contributed by atoms with van der Waals surface area (Å²) in [5.41, 5.74) is 9.18. The number of carbonyl (C=O) groups is 1. The fourth-order valence-corrected chi connectivity index (χ4v) is 5.35. The van der Waals surface area contributed by atoms with Gasteiger partial charge in [-0.05, 0) is 64.8 Å². The number of nitrogens with one attached hydrogen (secondary N) is 1. The lowest BCUT2D eigenvalue weighted by atomic mass is 10.0. The van der Waals surface area contributed by atoms with Crippen molar-refractivity contribution in [2.75, 3.05) is 24.7 Å². The quantitative estimate of drug-likeness (QED) is 0.183. The summed E-state index contributed by atoms with van der Waals surface area (Å²) in [6.07, 6.45) is 9.62. The van der Waals surface area contributed by atoms with Crippen molar-refractivity contribution >= 4 is 34.8 Å². The molecule has 0 radical (unpaired) electrons. The van der Waals surface area contributed by atoms with Gasteiger partial charge in [0.05, 0.1) is 37.8 Å². The molecule has 1 aliphatic heterocycles. The number of nitrogens with zero attached hydrogens (tertiary/aromatic N) is 3. The fraction of sp³-hybridized carbons (Fsp3) is 0.545. The molecule has 0 unspecified atom stereocenters. The molecule has 10 nitrogen and oxygen atoms in total. The van der Waals surface area contributed by atoms with Crippen LogP contribution in [-0.2, 0) is 25.5 Å². The van der Waals surface area contributed by atoms with Crippen LogP contribution in [0.4, 0.5) is 11.8 Å². The molecule has 0 aliphatic carbocycles. The van der Waals surface area contributed by atoms with E-state index in [1.807, 2.05) is 71.2 Å². The summed E-state index contributed by atoms with van der Waals surface area (Å²) in [5.74, 6) is 0.670. The molecule has 43 heavy (non-hydrogen) atoms. The second-order valence-corrected chi connectivity index (χ2v) is 12.5. The molecule has 4 rings (SSSR count). The third kappa shape index (κ3) is 9.18. The number of benzene rings is 1. The van der Waals surface area contributed by atoms with E-state index in [1.165, 1.54) is 0 Å². The van der Waals surface area contributed by atoms with Crippen LogP contribution >= 0.6 is 0 Å². The lowest BCUT2D eigenvalue weighted by Gasteiger charge is -2.39. The summed E-state index contributed by atoms with van der Waals surface area (Å²) >= 11 is 0. The molecule has 10 heteroatoms. The van der Waals surface area contributed by atoms with Gasteiger partial charge in [-0.1, -0.05) is 38.0 Å². The molecule has 1 saturated heterocycles. The minimum Gasteiger partial charge on any atom is -0.496 e. The highest BCUT2D eigenvalue weighted by molar-refractivity contribution is 5.87. The summed E-state index contributed by atoms with van der Waals surface area (Å²) in [5, 5.41) is 3.46. The van der Waals surface area contributed by atoms with Crippen LogP contribution in [-0.4, -0.2) is 57.8 Å². The number of rotatable bonds is 12. The maximum absolute atomic E-state index is 12.5. The molecule has 0 bridgehead atoms. The molecule has 2 aromatic heterocycles. The molecule has 1 fully saturated rings. The summed E-state index contributed by atoms with van der Waals surface area (Å²) < 4.78 is 25.6. The SMILES string of the molecule is CCCCCNc1nc(N)nc2ccn(Cc3cc(/C=C/[C@@H]4C[C@H](CC(=O)OC(C)(C)C)OC(C)(C)O4)ccc3OC)c12. The van der Waals surface area contributed by atoms with Crippen LogP contribution in [0.5, 0.6) is 5.75 Å². The van der Waals surface area contributed by atoms with Crippen molar-refractivity contribution in [3.63, 3.8) is 0 Å². The lowest BCUT2D eigenvalue weighted by molar-refractivity contribution is -0.290. The summed E-state index contributed by atoms with van der Waals surface area (Å²) in [6.45, 7) is 12.9. The molecule has 0 spiro atoms. The molecule has 1 aliphatic rings. The van der Waals surface area contributed by atoms with Crippen LogP contribution in [0.25, 0.3) is 17.1 Å². The molecular weight excluding hydrogens is 546 g/mol. The molecule has 1 aromatic carbocycles. The molecule has 3 heterocycles. The van der Waals surface area contributed by atoms with Gasteiger partial charge >= 0.3 is 5.97 Å². The molecule has 3 N–H and O–H groups in total. The van der Waals surface area contributed by atoms with Crippen molar-refractivity contribution in [3.05, 3.63) is 47.7 Å². The first kappa shape index (κ1) is 32.3. The van der Waals surface area contributed by atoms with Gasteiger partial charge in [0.15, 0.2) is 11.6 Å². The van der Waals surface area contributed by atoms with E-state index in [9.17, 15) is 4.79 Å². The number of aromatic nitrogens is 3. The van der Waals surface area contributed by atoms with Crippen molar-refractivity contribution in [1.29, 1.82) is 0 Å². The average Bonchev–Trinajstić information content (AvgIpc) is 3.30. The zero-order valence-corrected chi connectivity index (χ0v) is 26.6. The highest BCUT2D eigenvalue weighted by atomic mass is 16.7. The first-order valence-corrected chi connectivity index (χ1v) is 15.1. The Kier molecular flexibility index (Phi) is 10.3. The van der Waals surface area contributed by atoms with Gasteiger partial charge in [0.25, 0.3) is 0 Å². The zero-order valence-electron chi connectivity index (χ0n) is 26.6. The van der Waals surface area contributed by atoms with E-state index in [1.54, 1.807) is 7.11 Å². The first-order valence-electron chi connectivity index (χ1n) is 15.1. The minimum atomic E-state index is -0.825. The van der Waals surface area contributed by atoms with Crippen LogP contribution in [0.3, 0.4) is 0 Å². The number of unbranched alkanes of at least 4 members (excludes halogenated alkanes) is 2. The molecule has 3 aromatic rings. The van der Waals surface area contributed by atoms with Gasteiger partial charge in [-0.25, -0.2) is 4.98 Å². The number of methoxy groups -OCH3 is 1. The van der Waals surface area contributed by atoms with Gasteiger partial charge in [0.1, 0.15) is 16.9 Å². The van der Waals surface area contributed by atoms with E-state index in [0.29, 0.717) is 13.0 Å². The van der Waals surface area contributed by atoms with Gasteiger partial charge in [-0.15, -0.1) is 0 Å². The monoisotopic (exact) mass is 593 g/mol. The van der Waals surface area contributed by atoms with E-state index in [2.05, 4.69) is 32.8 Å². The molecular formula is C33H47N5O5. The molecule has 234 valence electrons. The van der Waals surface area contributed by atoms with Crippen LogP contribution in [0.15, 0.2) is 36.5 Å². The predicted molar refractivity (Wildman–Crippen MR) is 170 cm³/mol. The summed E-state index contributed by atoms with van der Waals surface area (Å²) in [4.78, 5) is 21.4. The van der Waals surface area contributed by atoms with Crippen LogP contribution < -0.4 is 15.8 Å². The number of hydrogen-bond donors (Lipinski definition) is 2. The maximum atomic E-state index is 12.5. The number of carbonyl (C=O) groups excluding carboxylic acids is 1. The fourth-order valence-electron chi connectivity index (χ4n) is 5.35. The Bertz CT molecular complexity index is 1430. The standard InChI is InChI=1S/C33H47N5O5/c1-8-9-10-16-35-30-29-26(36-31(34)37-30)15-17-38(29)21-23-18-22(12-14-27(23)40-7)11-13-24-19-25(42-33(5,6)41-24)20-28(39)43-32(2,3)4/h11-15,17-18,24-25H,8-10,16,19-21H2,1-7H3,(H3,34,35,36,37)/b13-11+/t24-,25-/m1/s1. The van der Waals surface area contributed by atoms with Gasteiger partial charge in [-0.3, -0.25) is 4.79 Å². The average molecular weight is 594 g/mol. The Morgan fingerprint density at radius 3 is 2.72 bits per heavy atom. The Morgan fingerprint density at radius 1 is 1.21 bits per heavy atom. The molecule has 0 amide bonds. The van der Waals surface area contributed by atoms with E-state index in [0.717, 1.165) is 59.5 Å². The van der Waals surface area contributed by atoms with E-state index in [4.69, 9.17) is 24.7 Å². The Labute approximate surface area is 255 Å².